The molecule has 2 aromatic rings. The van der Waals surface area contributed by atoms with Crippen LogP contribution < -0.4 is 10.6 Å². The third-order valence-electron chi connectivity index (χ3n) is 4.80. The van der Waals surface area contributed by atoms with Crippen molar-refractivity contribution in [1.82, 2.24) is 15.3 Å². The molecule has 1 saturated heterocycles. The number of aryl methyl sites for hydroxylation is 2. The van der Waals surface area contributed by atoms with Crippen molar-refractivity contribution in [1.29, 1.82) is 0 Å². The molecule has 3 heterocycles. The summed E-state index contributed by atoms with van der Waals surface area (Å²) in [5.74, 6) is 1.19. The fraction of sp³-hybridized carbons (Fsp3) is 0.632. The van der Waals surface area contributed by atoms with Crippen molar-refractivity contribution in [3.63, 3.8) is 0 Å². The maximum Gasteiger partial charge on any atom is 0.348 e. The molecular formula is C19H28N4O2S. The lowest BCUT2D eigenvalue weighted by atomic mass is 9.79. The van der Waals surface area contributed by atoms with Crippen LogP contribution in [0.15, 0.2) is 0 Å². The number of ether oxygens (including phenoxy) is 1. The van der Waals surface area contributed by atoms with Crippen molar-refractivity contribution < 1.29 is 9.53 Å². The fourth-order valence-electron chi connectivity index (χ4n) is 4.26. The first-order chi connectivity index (χ1) is 12.0. The van der Waals surface area contributed by atoms with Gasteiger partial charge in [-0.3, -0.25) is 0 Å². The van der Waals surface area contributed by atoms with E-state index in [1.807, 2.05) is 13.8 Å². The first kappa shape index (κ1) is 19.0. The Bertz CT molecular complexity index is 841. The van der Waals surface area contributed by atoms with E-state index >= 15 is 0 Å². The first-order valence-electron chi connectivity index (χ1n) is 8.93. The average Bonchev–Trinajstić information content (AvgIpc) is 2.80. The molecule has 0 bridgehead atoms. The monoisotopic (exact) mass is 376 g/mol. The number of piperidine rings is 1. The Kier molecular flexibility index (Phi) is 4.73. The number of nitrogens with one attached hydrogen (secondary N) is 2. The molecule has 26 heavy (non-hydrogen) atoms. The summed E-state index contributed by atoms with van der Waals surface area (Å²) in [5.41, 5.74) is 0.968. The predicted octanol–water partition coefficient (Wildman–Crippen LogP) is 3.82. The smallest absolute Gasteiger partial charge is 0.348 e. The first-order valence-corrected chi connectivity index (χ1v) is 9.75. The number of hydrogen-bond acceptors (Lipinski definition) is 7. The third kappa shape index (κ3) is 3.69. The molecule has 0 unspecified atom stereocenters. The molecule has 0 saturated carbocycles. The van der Waals surface area contributed by atoms with Crippen molar-refractivity contribution in [2.75, 3.05) is 12.4 Å². The summed E-state index contributed by atoms with van der Waals surface area (Å²) in [5, 5.41) is 8.28. The van der Waals surface area contributed by atoms with Gasteiger partial charge in [0, 0.05) is 17.1 Å². The second kappa shape index (κ2) is 6.46. The van der Waals surface area contributed by atoms with Gasteiger partial charge < -0.3 is 15.4 Å². The number of aromatic nitrogens is 2. The number of methoxy groups -OCH3 is 1. The Morgan fingerprint density at radius 2 is 1.81 bits per heavy atom. The molecule has 6 nitrogen and oxygen atoms in total. The summed E-state index contributed by atoms with van der Waals surface area (Å²) >= 11 is 1.37. The minimum atomic E-state index is -0.321. The Balaban J connectivity index is 2.02. The van der Waals surface area contributed by atoms with Crippen LogP contribution in [-0.4, -0.2) is 40.2 Å². The van der Waals surface area contributed by atoms with Crippen LogP contribution in [0.1, 0.15) is 61.6 Å². The summed E-state index contributed by atoms with van der Waals surface area (Å²) in [4.78, 5) is 22.7. The summed E-state index contributed by atoms with van der Waals surface area (Å²) in [7, 11) is 1.40. The van der Waals surface area contributed by atoms with Gasteiger partial charge >= 0.3 is 5.97 Å². The number of thiophene rings is 1. The van der Waals surface area contributed by atoms with E-state index in [4.69, 9.17) is 4.74 Å². The van der Waals surface area contributed by atoms with Gasteiger partial charge in [0.1, 0.15) is 21.3 Å². The molecular weight excluding hydrogens is 348 g/mol. The highest BCUT2D eigenvalue weighted by Gasteiger charge is 2.38. The number of carbonyl (C=O) groups is 1. The highest BCUT2D eigenvalue weighted by molar-refractivity contribution is 7.20. The molecule has 3 rings (SSSR count). The van der Waals surface area contributed by atoms with Crippen LogP contribution in [0.5, 0.6) is 0 Å². The zero-order chi connectivity index (χ0) is 19.3. The van der Waals surface area contributed by atoms with Crippen molar-refractivity contribution in [3.8, 4) is 0 Å². The number of nitrogens with zero attached hydrogens (tertiary/aromatic N) is 2. The van der Waals surface area contributed by atoms with E-state index in [1.165, 1.54) is 18.4 Å². The number of anilines is 1. The van der Waals surface area contributed by atoms with Crippen molar-refractivity contribution in [2.45, 2.75) is 71.5 Å². The van der Waals surface area contributed by atoms with Gasteiger partial charge in [-0.2, -0.15) is 0 Å². The number of esters is 1. The molecule has 2 N–H and O–H groups in total. The molecule has 7 heteroatoms. The molecule has 0 aliphatic carbocycles. The van der Waals surface area contributed by atoms with Crippen LogP contribution in [0, 0.1) is 13.8 Å². The number of fused-ring (bicyclic) bond motifs is 1. The fourth-order valence-corrected chi connectivity index (χ4v) is 5.40. The zero-order valence-electron chi connectivity index (χ0n) is 16.6. The van der Waals surface area contributed by atoms with E-state index in [1.54, 1.807) is 0 Å². The quantitative estimate of drug-likeness (QED) is 0.793. The molecule has 1 fully saturated rings. The highest BCUT2D eigenvalue weighted by Crippen LogP contribution is 2.36. The lowest BCUT2D eigenvalue weighted by Crippen LogP contribution is -2.60. The van der Waals surface area contributed by atoms with Gasteiger partial charge in [-0.1, -0.05) is 0 Å². The number of rotatable bonds is 3. The molecule has 0 aromatic carbocycles. The third-order valence-corrected chi connectivity index (χ3v) is 5.97. The lowest BCUT2D eigenvalue weighted by molar-refractivity contribution is 0.0605. The molecule has 2 aromatic heterocycles. The molecule has 1 aliphatic heterocycles. The second-order valence-corrected chi connectivity index (χ2v) is 9.49. The Morgan fingerprint density at radius 1 is 1.19 bits per heavy atom. The van der Waals surface area contributed by atoms with Gasteiger partial charge in [-0.05, 0) is 59.9 Å². The van der Waals surface area contributed by atoms with Crippen LogP contribution >= 0.6 is 11.3 Å². The van der Waals surface area contributed by atoms with Gasteiger partial charge in [0.2, 0.25) is 0 Å². The molecule has 0 spiro atoms. The minimum absolute atomic E-state index is 0.0431. The van der Waals surface area contributed by atoms with Crippen LogP contribution in [0.25, 0.3) is 10.2 Å². The van der Waals surface area contributed by atoms with Gasteiger partial charge in [0.05, 0.1) is 12.5 Å². The van der Waals surface area contributed by atoms with E-state index in [2.05, 4.69) is 48.3 Å². The number of hydrogen-bond donors (Lipinski definition) is 2. The van der Waals surface area contributed by atoms with Crippen LogP contribution in [0.2, 0.25) is 0 Å². The van der Waals surface area contributed by atoms with Crippen molar-refractivity contribution in [3.05, 3.63) is 16.3 Å². The minimum Gasteiger partial charge on any atom is -0.465 e. The van der Waals surface area contributed by atoms with E-state index in [9.17, 15) is 4.79 Å². The predicted molar refractivity (Wildman–Crippen MR) is 106 cm³/mol. The molecule has 0 amide bonds. The van der Waals surface area contributed by atoms with Gasteiger partial charge in [-0.25, -0.2) is 14.8 Å². The summed E-state index contributed by atoms with van der Waals surface area (Å²) in [6.07, 6.45) is 1.99. The van der Waals surface area contributed by atoms with Crippen LogP contribution in [0.4, 0.5) is 5.82 Å². The van der Waals surface area contributed by atoms with Crippen LogP contribution in [-0.2, 0) is 4.74 Å². The number of carbonyl (C=O) groups excluding carboxylic acids is 1. The van der Waals surface area contributed by atoms with Gasteiger partial charge in [0.25, 0.3) is 0 Å². The molecule has 0 radical (unpaired) electrons. The summed E-state index contributed by atoms with van der Waals surface area (Å²) < 4.78 is 4.92. The standard InChI is InChI=1S/C19H28N4O2S/c1-10-13-15(22-12-8-18(3,4)23-19(5,6)9-12)20-11(2)21-16(13)26-14(10)17(24)25-7/h12,23H,8-9H2,1-7H3,(H,20,21,22). The zero-order valence-corrected chi connectivity index (χ0v) is 17.4. The Labute approximate surface area is 158 Å². The largest absolute Gasteiger partial charge is 0.465 e. The van der Waals surface area contributed by atoms with Gasteiger partial charge in [0.15, 0.2) is 0 Å². The Morgan fingerprint density at radius 3 is 2.38 bits per heavy atom. The van der Waals surface area contributed by atoms with E-state index in [-0.39, 0.29) is 17.0 Å². The SMILES string of the molecule is COC(=O)c1sc2nc(C)nc(NC3CC(C)(C)NC(C)(C)C3)c2c1C. The molecule has 0 atom stereocenters. The summed E-state index contributed by atoms with van der Waals surface area (Å²) in [6.45, 7) is 12.7. The van der Waals surface area contributed by atoms with Gasteiger partial charge in [-0.15, -0.1) is 11.3 Å². The Hall–Kier alpha value is -1.73. The average molecular weight is 377 g/mol. The maximum atomic E-state index is 12.1. The summed E-state index contributed by atoms with van der Waals surface area (Å²) in [6, 6.07) is 0.291. The van der Waals surface area contributed by atoms with E-state index in [0.29, 0.717) is 16.7 Å². The second-order valence-electron chi connectivity index (χ2n) is 8.49. The lowest BCUT2D eigenvalue weighted by Gasteiger charge is -2.46. The van der Waals surface area contributed by atoms with Crippen molar-refractivity contribution in [2.24, 2.45) is 0 Å². The highest BCUT2D eigenvalue weighted by atomic mass is 32.1. The molecule has 142 valence electrons. The normalized spacial score (nSPS) is 19.5. The van der Waals surface area contributed by atoms with Crippen LogP contribution in [0.3, 0.4) is 0 Å². The molecule has 1 aliphatic rings. The van der Waals surface area contributed by atoms with Crippen molar-refractivity contribution >= 4 is 33.3 Å². The van der Waals surface area contributed by atoms with E-state index < -0.39 is 0 Å². The maximum absolute atomic E-state index is 12.1. The van der Waals surface area contributed by atoms with E-state index in [0.717, 1.165) is 34.4 Å². The topological polar surface area (TPSA) is 76.1 Å².